The number of hydrogen-bond donors (Lipinski definition) is 1. The highest BCUT2D eigenvalue weighted by Gasteiger charge is 2.11. The number of carbonyl (C=O) groups is 1. The van der Waals surface area contributed by atoms with Gasteiger partial charge < -0.3 is 14.8 Å². The average molecular weight is 498 g/mol. The molecule has 156 valence electrons. The summed E-state index contributed by atoms with van der Waals surface area (Å²) >= 11 is 9.26. The van der Waals surface area contributed by atoms with E-state index >= 15 is 0 Å². The number of amides is 1. The molecule has 0 radical (unpaired) electrons. The number of anilines is 1. The molecular formula is C24H18BrClN2O3. The van der Waals surface area contributed by atoms with E-state index in [9.17, 15) is 10.1 Å². The molecule has 0 aliphatic carbocycles. The monoisotopic (exact) mass is 496 g/mol. The van der Waals surface area contributed by atoms with E-state index in [2.05, 4.69) is 21.2 Å². The SMILES string of the molecule is COc1cc(/C=C(/C#N)C(=O)Nc2ccc(Cl)cc2)ccc1OCc1ccc(Br)cc1. The number of hydrogen-bond acceptors (Lipinski definition) is 4. The van der Waals surface area contributed by atoms with Crippen LogP contribution in [0.15, 0.2) is 76.8 Å². The summed E-state index contributed by atoms with van der Waals surface area (Å²) in [7, 11) is 1.54. The van der Waals surface area contributed by atoms with Gasteiger partial charge in [-0.05, 0) is 65.7 Å². The first-order valence-electron chi connectivity index (χ1n) is 9.22. The second kappa shape index (κ2) is 10.7. The minimum Gasteiger partial charge on any atom is -0.493 e. The van der Waals surface area contributed by atoms with Crippen molar-refractivity contribution in [2.75, 3.05) is 12.4 Å². The molecule has 7 heteroatoms. The van der Waals surface area contributed by atoms with Crippen LogP contribution in [-0.2, 0) is 11.4 Å². The predicted molar refractivity (Wildman–Crippen MR) is 125 cm³/mol. The Balaban J connectivity index is 1.74. The molecule has 0 aromatic heterocycles. The maximum absolute atomic E-state index is 12.4. The third-order valence-corrected chi connectivity index (χ3v) is 5.05. The van der Waals surface area contributed by atoms with Gasteiger partial charge in [-0.3, -0.25) is 4.79 Å². The third-order valence-electron chi connectivity index (χ3n) is 4.27. The highest BCUT2D eigenvalue weighted by molar-refractivity contribution is 9.10. The van der Waals surface area contributed by atoms with Crippen molar-refractivity contribution in [1.82, 2.24) is 0 Å². The molecule has 1 amide bonds. The van der Waals surface area contributed by atoms with Crippen LogP contribution in [0, 0.1) is 11.3 Å². The number of nitrogens with one attached hydrogen (secondary N) is 1. The minimum absolute atomic E-state index is 0.0412. The average Bonchev–Trinajstić information content (AvgIpc) is 2.78. The summed E-state index contributed by atoms with van der Waals surface area (Å²) in [6.07, 6.45) is 1.49. The van der Waals surface area contributed by atoms with E-state index in [1.54, 1.807) is 42.5 Å². The van der Waals surface area contributed by atoms with Gasteiger partial charge in [0.05, 0.1) is 7.11 Å². The van der Waals surface area contributed by atoms with Crippen molar-refractivity contribution in [2.45, 2.75) is 6.61 Å². The van der Waals surface area contributed by atoms with Crippen molar-refractivity contribution < 1.29 is 14.3 Å². The second-order valence-corrected chi connectivity index (χ2v) is 7.81. The van der Waals surface area contributed by atoms with E-state index in [1.165, 1.54) is 13.2 Å². The Hall–Kier alpha value is -3.27. The van der Waals surface area contributed by atoms with Gasteiger partial charge in [-0.15, -0.1) is 0 Å². The summed E-state index contributed by atoms with van der Waals surface area (Å²) in [6, 6.07) is 21.6. The van der Waals surface area contributed by atoms with Crippen LogP contribution in [0.3, 0.4) is 0 Å². The van der Waals surface area contributed by atoms with Gasteiger partial charge in [0.2, 0.25) is 0 Å². The summed E-state index contributed by atoms with van der Waals surface area (Å²) in [4.78, 5) is 12.4. The largest absolute Gasteiger partial charge is 0.493 e. The van der Waals surface area contributed by atoms with Crippen LogP contribution < -0.4 is 14.8 Å². The van der Waals surface area contributed by atoms with Crippen molar-refractivity contribution >= 4 is 45.2 Å². The van der Waals surface area contributed by atoms with E-state index in [0.29, 0.717) is 34.4 Å². The molecule has 0 unspecified atom stereocenters. The highest BCUT2D eigenvalue weighted by Crippen LogP contribution is 2.30. The Morgan fingerprint density at radius 3 is 2.45 bits per heavy atom. The molecule has 0 heterocycles. The smallest absolute Gasteiger partial charge is 0.266 e. The number of methoxy groups -OCH3 is 1. The van der Waals surface area contributed by atoms with Crippen molar-refractivity contribution in [1.29, 1.82) is 5.26 Å². The molecule has 0 aliphatic heterocycles. The summed E-state index contributed by atoms with van der Waals surface area (Å²) in [5, 5.41) is 12.7. The van der Waals surface area contributed by atoms with Crippen LogP contribution >= 0.6 is 27.5 Å². The van der Waals surface area contributed by atoms with Crippen molar-refractivity contribution in [3.63, 3.8) is 0 Å². The zero-order valence-electron chi connectivity index (χ0n) is 16.6. The normalized spacial score (nSPS) is 10.8. The van der Waals surface area contributed by atoms with Gasteiger partial charge in [-0.2, -0.15) is 5.26 Å². The second-order valence-electron chi connectivity index (χ2n) is 6.46. The van der Waals surface area contributed by atoms with E-state index in [4.69, 9.17) is 21.1 Å². The van der Waals surface area contributed by atoms with E-state index in [1.807, 2.05) is 30.3 Å². The summed E-state index contributed by atoms with van der Waals surface area (Å²) in [5.41, 5.74) is 2.15. The first kappa shape index (κ1) is 22.4. The lowest BCUT2D eigenvalue weighted by Crippen LogP contribution is -2.13. The molecule has 0 saturated carbocycles. The number of nitriles is 1. The fraction of sp³-hybridized carbons (Fsp3) is 0.0833. The molecule has 31 heavy (non-hydrogen) atoms. The highest BCUT2D eigenvalue weighted by atomic mass is 79.9. The van der Waals surface area contributed by atoms with Gasteiger partial charge in [-0.1, -0.05) is 45.7 Å². The zero-order valence-corrected chi connectivity index (χ0v) is 18.9. The number of carbonyl (C=O) groups excluding carboxylic acids is 1. The van der Waals surface area contributed by atoms with Crippen LogP contribution in [0.25, 0.3) is 6.08 Å². The molecule has 0 atom stereocenters. The standard InChI is InChI=1S/C24H18BrClN2O3/c1-30-23-13-17(4-11-22(23)31-15-16-2-5-19(25)6-3-16)12-18(14-27)24(29)28-21-9-7-20(26)8-10-21/h2-13H,15H2,1H3,(H,28,29)/b18-12-. The van der Waals surface area contributed by atoms with Crippen molar-refractivity contribution in [3.05, 3.63) is 92.9 Å². The number of ether oxygens (including phenoxy) is 2. The molecule has 0 spiro atoms. The molecule has 0 bridgehead atoms. The fourth-order valence-electron chi connectivity index (χ4n) is 2.68. The molecule has 3 rings (SSSR count). The Labute approximate surface area is 194 Å². The molecule has 0 saturated heterocycles. The lowest BCUT2D eigenvalue weighted by atomic mass is 10.1. The number of rotatable bonds is 7. The number of benzene rings is 3. The summed E-state index contributed by atoms with van der Waals surface area (Å²) in [5.74, 6) is 0.548. The maximum Gasteiger partial charge on any atom is 0.266 e. The van der Waals surface area contributed by atoms with Crippen molar-refractivity contribution in [3.8, 4) is 17.6 Å². The first-order valence-corrected chi connectivity index (χ1v) is 10.4. The molecule has 0 fully saturated rings. The molecule has 3 aromatic carbocycles. The molecule has 0 aliphatic rings. The van der Waals surface area contributed by atoms with Gasteiger partial charge in [0, 0.05) is 15.2 Å². The number of nitrogens with zero attached hydrogens (tertiary/aromatic N) is 1. The van der Waals surface area contributed by atoms with Crippen LogP contribution in [-0.4, -0.2) is 13.0 Å². The Kier molecular flexibility index (Phi) is 7.71. The lowest BCUT2D eigenvalue weighted by Gasteiger charge is -2.12. The molecule has 5 nitrogen and oxygen atoms in total. The van der Waals surface area contributed by atoms with Crippen LogP contribution in [0.1, 0.15) is 11.1 Å². The quantitative estimate of drug-likeness (QED) is 0.310. The predicted octanol–water partition coefficient (Wildman–Crippen LogP) is 6.24. The van der Waals surface area contributed by atoms with Crippen LogP contribution in [0.2, 0.25) is 5.02 Å². The molecular weight excluding hydrogens is 480 g/mol. The summed E-state index contributed by atoms with van der Waals surface area (Å²) in [6.45, 7) is 0.381. The van der Waals surface area contributed by atoms with Gasteiger partial charge in [0.15, 0.2) is 11.5 Å². The lowest BCUT2D eigenvalue weighted by molar-refractivity contribution is -0.112. The maximum atomic E-state index is 12.4. The zero-order chi connectivity index (χ0) is 22.2. The van der Waals surface area contributed by atoms with E-state index in [-0.39, 0.29) is 5.57 Å². The van der Waals surface area contributed by atoms with Crippen LogP contribution in [0.4, 0.5) is 5.69 Å². The first-order chi connectivity index (χ1) is 15.0. The van der Waals surface area contributed by atoms with Gasteiger partial charge in [0.1, 0.15) is 18.2 Å². The Bertz CT molecular complexity index is 1140. The molecule has 3 aromatic rings. The van der Waals surface area contributed by atoms with Gasteiger partial charge >= 0.3 is 0 Å². The fourth-order valence-corrected chi connectivity index (χ4v) is 3.07. The van der Waals surface area contributed by atoms with Gasteiger partial charge in [0.25, 0.3) is 5.91 Å². The Morgan fingerprint density at radius 1 is 1.10 bits per heavy atom. The topological polar surface area (TPSA) is 71.3 Å². The van der Waals surface area contributed by atoms with Gasteiger partial charge in [-0.25, -0.2) is 0 Å². The van der Waals surface area contributed by atoms with Crippen LogP contribution in [0.5, 0.6) is 11.5 Å². The molecule has 1 N–H and O–H groups in total. The Morgan fingerprint density at radius 2 is 1.81 bits per heavy atom. The minimum atomic E-state index is -0.514. The van der Waals surface area contributed by atoms with E-state index in [0.717, 1.165) is 10.0 Å². The summed E-state index contributed by atoms with van der Waals surface area (Å²) < 4.78 is 12.3. The third kappa shape index (κ3) is 6.35. The van der Waals surface area contributed by atoms with E-state index < -0.39 is 5.91 Å². The van der Waals surface area contributed by atoms with Crippen molar-refractivity contribution in [2.24, 2.45) is 0 Å². The number of halogens is 2.